The molecule has 0 saturated heterocycles. The number of aliphatic hydroxyl groups excluding tert-OH is 1. The van der Waals surface area contributed by atoms with Gasteiger partial charge in [-0.2, -0.15) is 0 Å². The Bertz CT molecular complexity index is 370. The number of hydrogen-bond donors (Lipinski definition) is 2. The number of nitrogens with one attached hydrogen (secondary N) is 1. The van der Waals surface area contributed by atoms with Gasteiger partial charge in [-0.3, -0.25) is 0 Å². The molecule has 2 unspecified atom stereocenters. The van der Waals surface area contributed by atoms with E-state index < -0.39 is 6.10 Å². The lowest BCUT2D eigenvalue weighted by Crippen LogP contribution is -2.37. The summed E-state index contributed by atoms with van der Waals surface area (Å²) in [5.41, 5.74) is 1.24. The zero-order valence-corrected chi connectivity index (χ0v) is 12.8. The van der Waals surface area contributed by atoms with Crippen molar-refractivity contribution < 1.29 is 14.6 Å². The Labute approximate surface area is 122 Å². The highest BCUT2D eigenvalue weighted by Gasteiger charge is 2.08. The molecular formula is C16H27NO3. The summed E-state index contributed by atoms with van der Waals surface area (Å²) in [6, 6.07) is 8.31. The largest absolute Gasteiger partial charge is 0.491 e. The molecular weight excluding hydrogens is 254 g/mol. The second kappa shape index (κ2) is 9.75. The summed E-state index contributed by atoms with van der Waals surface area (Å²) in [5.74, 6) is 0.816. The first-order chi connectivity index (χ1) is 9.65. The van der Waals surface area contributed by atoms with E-state index in [0.717, 1.165) is 25.2 Å². The van der Waals surface area contributed by atoms with Gasteiger partial charge in [0.2, 0.25) is 0 Å². The Kier molecular flexibility index (Phi) is 8.26. The van der Waals surface area contributed by atoms with Crippen molar-refractivity contribution >= 4 is 0 Å². The minimum atomic E-state index is -0.509. The molecule has 0 aliphatic carbocycles. The van der Waals surface area contributed by atoms with Gasteiger partial charge >= 0.3 is 0 Å². The van der Waals surface area contributed by atoms with Crippen LogP contribution in [0.1, 0.15) is 25.8 Å². The molecule has 4 heteroatoms. The zero-order valence-electron chi connectivity index (χ0n) is 12.8. The third-order valence-electron chi connectivity index (χ3n) is 3.21. The Hall–Kier alpha value is -1.10. The highest BCUT2D eigenvalue weighted by molar-refractivity contribution is 5.28. The number of hydrogen-bond acceptors (Lipinski definition) is 4. The van der Waals surface area contributed by atoms with Crippen LogP contribution in [0.15, 0.2) is 24.3 Å². The van der Waals surface area contributed by atoms with Gasteiger partial charge in [0.15, 0.2) is 0 Å². The fraction of sp³-hybridized carbons (Fsp3) is 0.625. The van der Waals surface area contributed by atoms with Crippen molar-refractivity contribution in [1.29, 1.82) is 0 Å². The van der Waals surface area contributed by atoms with Crippen LogP contribution in [0.5, 0.6) is 5.75 Å². The van der Waals surface area contributed by atoms with Crippen molar-refractivity contribution in [1.82, 2.24) is 5.32 Å². The number of benzene rings is 1. The van der Waals surface area contributed by atoms with Crippen LogP contribution in [0.2, 0.25) is 0 Å². The van der Waals surface area contributed by atoms with Crippen LogP contribution < -0.4 is 10.1 Å². The van der Waals surface area contributed by atoms with Gasteiger partial charge in [-0.25, -0.2) is 0 Å². The summed E-state index contributed by atoms with van der Waals surface area (Å²) in [6.07, 6.45) is 1.41. The topological polar surface area (TPSA) is 50.7 Å². The van der Waals surface area contributed by atoms with Crippen LogP contribution in [0.3, 0.4) is 0 Å². The molecule has 0 spiro atoms. The van der Waals surface area contributed by atoms with Gasteiger partial charge in [0, 0.05) is 26.3 Å². The van der Waals surface area contributed by atoms with Crippen LogP contribution in [-0.4, -0.2) is 44.1 Å². The average molecular weight is 281 g/mol. The molecule has 0 radical (unpaired) electrons. The first kappa shape index (κ1) is 17.0. The Morgan fingerprint density at radius 3 is 2.85 bits per heavy atom. The van der Waals surface area contributed by atoms with Gasteiger partial charge in [-0.15, -0.1) is 0 Å². The van der Waals surface area contributed by atoms with E-state index in [9.17, 15) is 5.11 Å². The van der Waals surface area contributed by atoms with Gasteiger partial charge in [0.25, 0.3) is 0 Å². The predicted molar refractivity (Wildman–Crippen MR) is 81.3 cm³/mol. The van der Waals surface area contributed by atoms with Crippen LogP contribution in [0.4, 0.5) is 0 Å². The molecule has 0 aliphatic heterocycles. The van der Waals surface area contributed by atoms with Crippen LogP contribution in [0.25, 0.3) is 0 Å². The summed E-state index contributed by atoms with van der Waals surface area (Å²) >= 11 is 0. The number of rotatable bonds is 10. The predicted octanol–water partition coefficient (Wildman–Crippen LogP) is 2.00. The summed E-state index contributed by atoms with van der Waals surface area (Å²) in [6.45, 7) is 5.75. The molecule has 0 saturated carbocycles. The SMILES string of the molecule is CCc1cccc(OCC(O)CNC(C)CCOC)c1. The highest BCUT2D eigenvalue weighted by Crippen LogP contribution is 2.13. The molecule has 2 atom stereocenters. The minimum absolute atomic E-state index is 0.303. The maximum absolute atomic E-state index is 9.89. The maximum atomic E-state index is 9.89. The smallest absolute Gasteiger partial charge is 0.119 e. The van der Waals surface area contributed by atoms with E-state index in [4.69, 9.17) is 9.47 Å². The van der Waals surface area contributed by atoms with E-state index in [-0.39, 0.29) is 0 Å². The van der Waals surface area contributed by atoms with Crippen molar-refractivity contribution in [3.63, 3.8) is 0 Å². The second-order valence-corrected chi connectivity index (χ2v) is 5.06. The minimum Gasteiger partial charge on any atom is -0.491 e. The van der Waals surface area contributed by atoms with Gasteiger partial charge < -0.3 is 19.9 Å². The lowest BCUT2D eigenvalue weighted by atomic mass is 10.2. The molecule has 0 fully saturated rings. The number of ether oxygens (including phenoxy) is 2. The van der Waals surface area contributed by atoms with Gasteiger partial charge in [-0.1, -0.05) is 19.1 Å². The zero-order chi connectivity index (χ0) is 14.8. The van der Waals surface area contributed by atoms with Crippen molar-refractivity contribution in [2.75, 3.05) is 26.9 Å². The monoisotopic (exact) mass is 281 g/mol. The van der Waals surface area contributed by atoms with Crippen molar-refractivity contribution in [2.24, 2.45) is 0 Å². The van der Waals surface area contributed by atoms with Crippen LogP contribution in [0, 0.1) is 0 Å². The fourth-order valence-electron chi connectivity index (χ4n) is 1.84. The quantitative estimate of drug-likeness (QED) is 0.689. The fourth-order valence-corrected chi connectivity index (χ4v) is 1.84. The molecule has 1 aromatic rings. The first-order valence-electron chi connectivity index (χ1n) is 7.27. The summed E-state index contributed by atoms with van der Waals surface area (Å²) < 4.78 is 10.6. The van der Waals surface area contributed by atoms with E-state index in [1.165, 1.54) is 5.56 Å². The molecule has 20 heavy (non-hydrogen) atoms. The molecule has 1 aromatic carbocycles. The summed E-state index contributed by atoms with van der Waals surface area (Å²) in [5, 5.41) is 13.2. The number of aliphatic hydroxyl groups is 1. The molecule has 0 amide bonds. The first-order valence-corrected chi connectivity index (χ1v) is 7.27. The van der Waals surface area contributed by atoms with E-state index in [1.54, 1.807) is 7.11 Å². The Morgan fingerprint density at radius 1 is 1.35 bits per heavy atom. The summed E-state index contributed by atoms with van der Waals surface area (Å²) in [7, 11) is 1.69. The van der Waals surface area contributed by atoms with Crippen molar-refractivity contribution in [3.8, 4) is 5.75 Å². The van der Waals surface area contributed by atoms with Gasteiger partial charge in [0.1, 0.15) is 18.5 Å². The molecule has 114 valence electrons. The lowest BCUT2D eigenvalue weighted by Gasteiger charge is -2.17. The third-order valence-corrected chi connectivity index (χ3v) is 3.21. The maximum Gasteiger partial charge on any atom is 0.119 e. The van der Waals surface area contributed by atoms with Crippen molar-refractivity contribution in [2.45, 2.75) is 38.8 Å². The summed E-state index contributed by atoms with van der Waals surface area (Å²) in [4.78, 5) is 0. The van der Waals surface area contributed by atoms with Crippen LogP contribution in [-0.2, 0) is 11.2 Å². The lowest BCUT2D eigenvalue weighted by molar-refractivity contribution is 0.102. The number of methoxy groups -OCH3 is 1. The molecule has 0 aliphatic rings. The van der Waals surface area contributed by atoms with Gasteiger partial charge in [-0.05, 0) is 37.5 Å². The Morgan fingerprint density at radius 2 is 2.15 bits per heavy atom. The van der Waals surface area contributed by atoms with E-state index in [2.05, 4.69) is 25.2 Å². The van der Waals surface area contributed by atoms with Gasteiger partial charge in [0.05, 0.1) is 0 Å². The number of aryl methyl sites for hydroxylation is 1. The highest BCUT2D eigenvalue weighted by atomic mass is 16.5. The normalized spacial score (nSPS) is 14.0. The molecule has 0 heterocycles. The average Bonchev–Trinajstić information content (AvgIpc) is 2.49. The second-order valence-electron chi connectivity index (χ2n) is 5.06. The third kappa shape index (κ3) is 6.89. The molecule has 4 nitrogen and oxygen atoms in total. The standard InChI is InChI=1S/C16H27NO3/c1-4-14-6-5-7-16(10-14)20-12-15(18)11-17-13(2)8-9-19-3/h5-7,10,13,15,17-18H,4,8-9,11-12H2,1-3H3. The van der Waals surface area contributed by atoms with E-state index in [1.807, 2.05) is 18.2 Å². The van der Waals surface area contributed by atoms with E-state index in [0.29, 0.717) is 19.2 Å². The van der Waals surface area contributed by atoms with Crippen molar-refractivity contribution in [3.05, 3.63) is 29.8 Å². The van der Waals surface area contributed by atoms with E-state index >= 15 is 0 Å². The Balaban J connectivity index is 2.23. The van der Waals surface area contributed by atoms with Crippen LogP contribution >= 0.6 is 0 Å². The molecule has 0 bridgehead atoms. The molecule has 0 aromatic heterocycles. The molecule has 1 rings (SSSR count). The molecule has 2 N–H and O–H groups in total.